The van der Waals surface area contributed by atoms with E-state index in [0.29, 0.717) is 12.1 Å². The number of nitrogens with one attached hydrogen (secondary N) is 4. The van der Waals surface area contributed by atoms with Gasteiger partial charge in [0.05, 0.1) is 24.5 Å². The van der Waals surface area contributed by atoms with Gasteiger partial charge in [0.15, 0.2) is 0 Å². The number of aromatic amines is 2. The lowest BCUT2D eigenvalue weighted by Crippen LogP contribution is -2.14. The Hall–Kier alpha value is -3.32. The smallest absolute Gasteiger partial charge is 0.124 e. The molecule has 0 saturated carbocycles. The second-order valence-corrected chi connectivity index (χ2v) is 7.74. The minimum Gasteiger partial charge on any atom is -0.334 e. The van der Waals surface area contributed by atoms with Crippen LogP contribution in [0.2, 0.25) is 0 Å². The Kier molecular flexibility index (Phi) is 5.35. The third kappa shape index (κ3) is 4.31. The van der Waals surface area contributed by atoms with Gasteiger partial charge in [0, 0.05) is 16.8 Å². The van der Waals surface area contributed by atoms with E-state index in [4.69, 9.17) is 0 Å². The summed E-state index contributed by atoms with van der Waals surface area (Å²) in [6.45, 7) is 2.11. The first-order valence-electron chi connectivity index (χ1n) is 10.5. The third-order valence-electron chi connectivity index (χ3n) is 5.54. The second kappa shape index (κ2) is 8.59. The number of benzene rings is 1. The van der Waals surface area contributed by atoms with E-state index in [-0.39, 0.29) is 5.71 Å². The van der Waals surface area contributed by atoms with Gasteiger partial charge in [-0.2, -0.15) is 0 Å². The lowest BCUT2D eigenvalue weighted by molar-refractivity contribution is 0.612. The first-order valence-corrected chi connectivity index (χ1v) is 10.5. The summed E-state index contributed by atoms with van der Waals surface area (Å²) in [7, 11) is 0. The quantitative estimate of drug-likeness (QED) is 0.490. The van der Waals surface area contributed by atoms with Crippen molar-refractivity contribution in [2.75, 3.05) is 13.1 Å². The molecule has 0 spiro atoms. The van der Waals surface area contributed by atoms with Crippen LogP contribution in [0.3, 0.4) is 0 Å². The van der Waals surface area contributed by atoms with Crippen LogP contribution in [0, 0.1) is 23.7 Å². The predicted octanol–water partition coefficient (Wildman–Crippen LogP) is 3.77. The molecule has 30 heavy (non-hydrogen) atoms. The Labute approximate surface area is 182 Å². The highest BCUT2D eigenvalue weighted by molar-refractivity contribution is 5.45. The molecule has 0 amide bonds. The van der Waals surface area contributed by atoms with E-state index < -0.39 is 0 Å². The lowest BCUT2D eigenvalue weighted by atomic mass is 10.1. The Morgan fingerprint density at radius 2 is 1.17 bits per heavy atom. The van der Waals surface area contributed by atoms with Crippen LogP contribution in [-0.2, 0) is 0 Å². The fourth-order valence-corrected chi connectivity index (χ4v) is 3.91. The van der Waals surface area contributed by atoms with Crippen molar-refractivity contribution in [1.29, 1.82) is 0 Å². The number of nitrogens with zero attached hydrogens (tertiary/aromatic N) is 2. The van der Waals surface area contributed by atoms with Crippen molar-refractivity contribution in [2.24, 2.45) is 0 Å². The first-order chi connectivity index (χ1) is 14.8. The maximum atomic E-state index is 4.45. The molecule has 4 N–H and O–H groups in total. The molecule has 0 radical (unpaired) electrons. The lowest BCUT2D eigenvalue weighted by Gasteiger charge is -2.04. The SMILES string of the molecule is C(#Cc1cnc([C@@H]2CCCN2)[nH]1)c1ccc(C#Cc2cnc([C@@H]3CCCN3)[nH]2)cc1.[HH].[HH].[HH].[HH]. The summed E-state index contributed by atoms with van der Waals surface area (Å²) in [5.74, 6) is 14.7. The number of rotatable bonds is 2. The molecule has 2 atom stereocenters. The molecule has 158 valence electrons. The van der Waals surface area contributed by atoms with Crippen molar-refractivity contribution in [3.8, 4) is 23.7 Å². The van der Waals surface area contributed by atoms with Crippen molar-refractivity contribution >= 4 is 0 Å². The highest BCUT2D eigenvalue weighted by Gasteiger charge is 2.19. The molecule has 6 nitrogen and oxygen atoms in total. The number of hydrogen-bond acceptors (Lipinski definition) is 4. The molecule has 0 unspecified atom stereocenters. The Bertz CT molecular complexity index is 1050. The van der Waals surface area contributed by atoms with Crippen molar-refractivity contribution in [3.63, 3.8) is 0 Å². The number of H-pyrrole nitrogens is 2. The van der Waals surface area contributed by atoms with Crippen LogP contribution in [0.4, 0.5) is 0 Å². The largest absolute Gasteiger partial charge is 0.334 e. The fourth-order valence-electron chi connectivity index (χ4n) is 3.91. The summed E-state index contributed by atoms with van der Waals surface area (Å²) in [5.41, 5.74) is 3.59. The molecule has 5 rings (SSSR count). The first kappa shape index (κ1) is 18.7. The van der Waals surface area contributed by atoms with Gasteiger partial charge >= 0.3 is 0 Å². The van der Waals surface area contributed by atoms with E-state index in [1.165, 1.54) is 12.8 Å². The van der Waals surface area contributed by atoms with Crippen LogP contribution in [0.5, 0.6) is 0 Å². The third-order valence-corrected chi connectivity index (χ3v) is 5.54. The molecule has 3 aromatic rings. The molecule has 2 saturated heterocycles. The average molecular weight is 405 g/mol. The van der Waals surface area contributed by atoms with Crippen molar-refractivity contribution in [1.82, 2.24) is 30.6 Å². The molecule has 2 aromatic heterocycles. The van der Waals surface area contributed by atoms with Crippen molar-refractivity contribution in [3.05, 3.63) is 70.8 Å². The second-order valence-electron chi connectivity index (χ2n) is 7.74. The van der Waals surface area contributed by atoms with E-state index in [2.05, 4.69) is 54.3 Å². The van der Waals surface area contributed by atoms with Gasteiger partial charge in [-0.15, -0.1) is 0 Å². The zero-order valence-corrected chi connectivity index (χ0v) is 16.8. The van der Waals surface area contributed by atoms with Gasteiger partial charge in [-0.05, 0) is 74.9 Å². The van der Waals surface area contributed by atoms with Gasteiger partial charge < -0.3 is 20.6 Å². The standard InChI is InChI=1S/C24H24N6.4H2/c1-3-21(25-13-1)23-27-15-19(29-23)11-9-17-5-7-18(8-6-17)10-12-20-16-28-24(30-20)22-4-2-14-26-22;;;;/h5-8,15-16,21-22,25-26H,1-4,13-14H2,(H,27,29)(H,28,30);4*1H/t21-,22-;;;;/m0..../s1. The molecule has 2 fully saturated rings. The fraction of sp³-hybridized carbons (Fsp3) is 0.333. The van der Waals surface area contributed by atoms with Crippen LogP contribution in [0.25, 0.3) is 0 Å². The maximum Gasteiger partial charge on any atom is 0.124 e. The normalized spacial score (nSPS) is 20.4. The van der Waals surface area contributed by atoms with Gasteiger partial charge in [0.2, 0.25) is 0 Å². The van der Waals surface area contributed by atoms with E-state index in [1.807, 2.05) is 36.7 Å². The molecule has 0 aliphatic carbocycles. The molecular weight excluding hydrogens is 372 g/mol. The van der Waals surface area contributed by atoms with E-state index in [0.717, 1.165) is 60.1 Å². The maximum absolute atomic E-state index is 4.45. The highest BCUT2D eigenvalue weighted by Crippen LogP contribution is 2.20. The Morgan fingerprint density at radius 1 is 0.700 bits per heavy atom. The number of imidazole rings is 2. The van der Waals surface area contributed by atoms with Gasteiger partial charge in [0.1, 0.15) is 23.0 Å². The summed E-state index contributed by atoms with van der Waals surface area (Å²) in [6, 6.07) is 8.64. The Balaban J connectivity index is 0.00000144. The zero-order valence-electron chi connectivity index (χ0n) is 16.8. The summed E-state index contributed by atoms with van der Waals surface area (Å²) in [4.78, 5) is 15.5. The van der Waals surface area contributed by atoms with Crippen LogP contribution in [-0.4, -0.2) is 33.0 Å². The molecule has 2 aliphatic heterocycles. The van der Waals surface area contributed by atoms with Gasteiger partial charge in [-0.25, -0.2) is 9.97 Å². The Morgan fingerprint density at radius 3 is 1.57 bits per heavy atom. The van der Waals surface area contributed by atoms with Crippen LogP contribution in [0.15, 0.2) is 36.7 Å². The molecule has 4 heterocycles. The average Bonchev–Trinajstić information content (AvgIpc) is 3.57. The van der Waals surface area contributed by atoms with Crippen molar-refractivity contribution in [2.45, 2.75) is 37.8 Å². The van der Waals surface area contributed by atoms with E-state index in [9.17, 15) is 0 Å². The van der Waals surface area contributed by atoms with Crippen molar-refractivity contribution < 1.29 is 5.71 Å². The topological polar surface area (TPSA) is 81.4 Å². The van der Waals surface area contributed by atoms with Crippen LogP contribution < -0.4 is 10.6 Å². The number of hydrogen-bond donors (Lipinski definition) is 4. The highest BCUT2D eigenvalue weighted by atomic mass is 15.0. The van der Waals surface area contributed by atoms with E-state index >= 15 is 0 Å². The van der Waals surface area contributed by atoms with Gasteiger partial charge in [0.25, 0.3) is 0 Å². The molecular formula is C24H32N6. The monoisotopic (exact) mass is 404 g/mol. The molecule has 1 aromatic carbocycles. The summed E-state index contributed by atoms with van der Waals surface area (Å²) < 4.78 is 0. The molecule has 0 bridgehead atoms. The van der Waals surface area contributed by atoms with Gasteiger partial charge in [-0.3, -0.25) is 0 Å². The number of aromatic nitrogens is 4. The van der Waals surface area contributed by atoms with Gasteiger partial charge in [-0.1, -0.05) is 11.8 Å². The predicted molar refractivity (Wildman–Crippen MR) is 124 cm³/mol. The zero-order chi connectivity index (χ0) is 20.2. The molecule has 6 heteroatoms. The summed E-state index contributed by atoms with van der Waals surface area (Å²) >= 11 is 0. The minimum atomic E-state index is 0. The van der Waals surface area contributed by atoms with Crippen LogP contribution in [0.1, 0.15) is 77.6 Å². The minimum absolute atomic E-state index is 0. The van der Waals surface area contributed by atoms with Crippen LogP contribution >= 0.6 is 0 Å². The summed E-state index contributed by atoms with van der Waals surface area (Å²) in [5, 5.41) is 6.88. The summed E-state index contributed by atoms with van der Waals surface area (Å²) in [6.07, 6.45) is 8.26. The van der Waals surface area contributed by atoms with E-state index in [1.54, 1.807) is 0 Å². The molecule has 2 aliphatic rings.